The number of para-hydroxylation sites is 1. The largest absolute Gasteiger partial charge is 0.338 e. The van der Waals surface area contributed by atoms with Gasteiger partial charge in [-0.15, -0.1) is 0 Å². The van der Waals surface area contributed by atoms with Crippen molar-refractivity contribution in [2.24, 2.45) is 5.92 Å². The number of nitrogens with zero attached hydrogens (tertiary/aromatic N) is 4. The average Bonchev–Trinajstić information content (AvgIpc) is 2.78. The molecule has 0 N–H and O–H groups in total. The van der Waals surface area contributed by atoms with Gasteiger partial charge in [0.05, 0.1) is 18.0 Å². The highest BCUT2D eigenvalue weighted by Crippen LogP contribution is 2.22. The molecule has 3 aromatic rings. The summed E-state index contributed by atoms with van der Waals surface area (Å²) in [4.78, 5) is 38.3. The van der Waals surface area contributed by atoms with Gasteiger partial charge in [0.15, 0.2) is 0 Å². The van der Waals surface area contributed by atoms with Crippen molar-refractivity contribution in [3.63, 3.8) is 0 Å². The van der Waals surface area contributed by atoms with Crippen molar-refractivity contribution in [1.29, 1.82) is 0 Å². The Kier molecular flexibility index (Phi) is 5.93. The average molecular weight is 420 g/mol. The molecule has 1 fully saturated rings. The lowest BCUT2D eigenvalue weighted by atomic mass is 9.96. The number of amides is 2. The molecule has 1 aliphatic rings. The summed E-state index contributed by atoms with van der Waals surface area (Å²) in [7, 11) is 1.75. The molecule has 1 unspecified atom stereocenters. The van der Waals surface area contributed by atoms with Crippen molar-refractivity contribution < 1.29 is 14.0 Å². The lowest BCUT2D eigenvalue weighted by Crippen LogP contribution is -2.45. The number of hydrogen-bond donors (Lipinski definition) is 0. The van der Waals surface area contributed by atoms with Crippen LogP contribution in [0.5, 0.6) is 0 Å². The van der Waals surface area contributed by atoms with Crippen LogP contribution in [0.15, 0.2) is 48.5 Å². The van der Waals surface area contributed by atoms with Crippen LogP contribution in [0.2, 0.25) is 0 Å². The second-order valence-electron chi connectivity index (χ2n) is 8.03. The van der Waals surface area contributed by atoms with Crippen LogP contribution in [-0.4, -0.2) is 51.7 Å². The Morgan fingerprint density at radius 1 is 1.13 bits per heavy atom. The topological polar surface area (TPSA) is 66.4 Å². The van der Waals surface area contributed by atoms with Crippen molar-refractivity contribution >= 4 is 22.7 Å². The number of benzene rings is 2. The fraction of sp³-hybridized carbons (Fsp3) is 0.333. The van der Waals surface area contributed by atoms with Gasteiger partial charge in [-0.2, -0.15) is 0 Å². The highest BCUT2D eigenvalue weighted by molar-refractivity contribution is 5.94. The molecule has 1 saturated heterocycles. The number of halogens is 1. The standard InChI is InChI=1S/C24H25FN4O2/c1-16-20-7-3-4-8-21(20)27-22(26-16)15-28(2)23(30)18-6-5-13-29(14-18)24(31)17-9-11-19(25)12-10-17/h3-4,7-12,18H,5-6,13-15H2,1-2H3. The first-order valence-corrected chi connectivity index (χ1v) is 10.4. The zero-order valence-corrected chi connectivity index (χ0v) is 17.7. The van der Waals surface area contributed by atoms with Crippen LogP contribution in [-0.2, 0) is 11.3 Å². The highest BCUT2D eigenvalue weighted by atomic mass is 19.1. The Labute approximate surface area is 180 Å². The molecule has 1 atom stereocenters. The van der Waals surface area contributed by atoms with Crippen LogP contribution in [0.4, 0.5) is 4.39 Å². The first kappa shape index (κ1) is 20.9. The summed E-state index contributed by atoms with van der Waals surface area (Å²) in [5.74, 6) is -0.248. The number of fused-ring (bicyclic) bond motifs is 1. The van der Waals surface area contributed by atoms with Gasteiger partial charge in [0.1, 0.15) is 11.6 Å². The zero-order chi connectivity index (χ0) is 22.0. The minimum Gasteiger partial charge on any atom is -0.338 e. The van der Waals surface area contributed by atoms with E-state index in [1.807, 2.05) is 31.2 Å². The molecule has 7 heteroatoms. The van der Waals surface area contributed by atoms with Gasteiger partial charge in [0, 0.05) is 36.8 Å². The minimum atomic E-state index is -0.379. The molecule has 0 spiro atoms. The van der Waals surface area contributed by atoms with E-state index in [-0.39, 0.29) is 23.5 Å². The lowest BCUT2D eigenvalue weighted by molar-refractivity contribution is -0.136. The van der Waals surface area contributed by atoms with E-state index in [9.17, 15) is 14.0 Å². The van der Waals surface area contributed by atoms with Crippen LogP contribution in [0, 0.1) is 18.7 Å². The number of aryl methyl sites for hydroxylation is 1. The maximum Gasteiger partial charge on any atom is 0.253 e. The molecule has 0 bridgehead atoms. The third-order valence-corrected chi connectivity index (χ3v) is 5.74. The molecular formula is C24H25FN4O2. The van der Waals surface area contributed by atoms with E-state index in [1.54, 1.807) is 16.8 Å². The van der Waals surface area contributed by atoms with Crippen molar-refractivity contribution in [2.75, 3.05) is 20.1 Å². The first-order chi connectivity index (χ1) is 14.9. The molecule has 2 aromatic carbocycles. The van der Waals surface area contributed by atoms with Crippen LogP contribution < -0.4 is 0 Å². The summed E-state index contributed by atoms with van der Waals surface area (Å²) in [6.45, 7) is 3.20. The SMILES string of the molecule is Cc1nc(CN(C)C(=O)C2CCCN(C(=O)c3ccc(F)cc3)C2)nc2ccccc12. The lowest BCUT2D eigenvalue weighted by Gasteiger charge is -2.34. The van der Waals surface area contributed by atoms with Crippen molar-refractivity contribution in [2.45, 2.75) is 26.3 Å². The number of rotatable bonds is 4. The summed E-state index contributed by atoms with van der Waals surface area (Å²) < 4.78 is 13.2. The minimum absolute atomic E-state index is 0.0222. The molecule has 0 aliphatic carbocycles. The molecule has 1 aromatic heterocycles. The molecule has 4 rings (SSSR count). The van der Waals surface area contributed by atoms with E-state index >= 15 is 0 Å². The van der Waals surface area contributed by atoms with Gasteiger partial charge in [-0.25, -0.2) is 14.4 Å². The Balaban J connectivity index is 1.43. The van der Waals surface area contributed by atoms with Crippen molar-refractivity contribution in [3.05, 3.63) is 71.4 Å². The maximum atomic E-state index is 13.2. The summed E-state index contributed by atoms with van der Waals surface area (Å²) >= 11 is 0. The summed E-state index contributed by atoms with van der Waals surface area (Å²) in [6, 6.07) is 13.3. The van der Waals surface area contributed by atoms with E-state index in [1.165, 1.54) is 24.3 Å². The number of hydrogen-bond acceptors (Lipinski definition) is 4. The van der Waals surface area contributed by atoms with Gasteiger partial charge in [-0.05, 0) is 50.1 Å². The monoisotopic (exact) mass is 420 g/mol. The zero-order valence-electron chi connectivity index (χ0n) is 17.7. The molecule has 2 amide bonds. The molecule has 0 saturated carbocycles. The first-order valence-electron chi connectivity index (χ1n) is 10.4. The van der Waals surface area contributed by atoms with Gasteiger partial charge in [-0.1, -0.05) is 18.2 Å². The van der Waals surface area contributed by atoms with E-state index < -0.39 is 0 Å². The maximum absolute atomic E-state index is 13.2. The molecule has 160 valence electrons. The third-order valence-electron chi connectivity index (χ3n) is 5.74. The summed E-state index contributed by atoms with van der Waals surface area (Å²) in [6.07, 6.45) is 1.48. The van der Waals surface area contributed by atoms with E-state index in [0.29, 0.717) is 31.0 Å². The predicted molar refractivity (Wildman–Crippen MR) is 116 cm³/mol. The van der Waals surface area contributed by atoms with Gasteiger partial charge in [0.2, 0.25) is 5.91 Å². The number of aromatic nitrogens is 2. The Morgan fingerprint density at radius 2 is 1.87 bits per heavy atom. The number of likely N-dealkylation sites (tertiary alicyclic amines) is 1. The molecule has 0 radical (unpaired) electrons. The fourth-order valence-corrected chi connectivity index (χ4v) is 4.11. The Hall–Kier alpha value is -3.35. The van der Waals surface area contributed by atoms with Crippen LogP contribution in [0.1, 0.15) is 34.7 Å². The molecule has 6 nitrogen and oxygen atoms in total. The second kappa shape index (κ2) is 8.79. The van der Waals surface area contributed by atoms with Gasteiger partial charge in [0.25, 0.3) is 5.91 Å². The quantitative estimate of drug-likeness (QED) is 0.647. The van der Waals surface area contributed by atoms with E-state index in [0.717, 1.165) is 29.4 Å². The normalized spacial score (nSPS) is 16.4. The highest BCUT2D eigenvalue weighted by Gasteiger charge is 2.31. The number of carbonyl (C=O) groups excluding carboxylic acids is 2. The predicted octanol–water partition coefficient (Wildman–Crippen LogP) is 3.59. The summed E-state index contributed by atoms with van der Waals surface area (Å²) in [5.41, 5.74) is 2.18. The Morgan fingerprint density at radius 3 is 2.65 bits per heavy atom. The molecule has 31 heavy (non-hydrogen) atoms. The summed E-state index contributed by atoms with van der Waals surface area (Å²) in [5, 5.41) is 1.00. The van der Waals surface area contributed by atoms with Crippen molar-refractivity contribution in [1.82, 2.24) is 19.8 Å². The second-order valence-corrected chi connectivity index (χ2v) is 8.03. The van der Waals surface area contributed by atoms with E-state index in [4.69, 9.17) is 0 Å². The van der Waals surface area contributed by atoms with Crippen LogP contribution >= 0.6 is 0 Å². The molecular weight excluding hydrogens is 395 g/mol. The Bertz CT molecular complexity index is 1120. The molecule has 1 aliphatic heterocycles. The number of carbonyl (C=O) groups is 2. The van der Waals surface area contributed by atoms with Gasteiger partial charge >= 0.3 is 0 Å². The van der Waals surface area contributed by atoms with Gasteiger partial charge in [-0.3, -0.25) is 9.59 Å². The van der Waals surface area contributed by atoms with Crippen molar-refractivity contribution in [3.8, 4) is 0 Å². The third kappa shape index (κ3) is 4.55. The van der Waals surface area contributed by atoms with E-state index in [2.05, 4.69) is 9.97 Å². The smallest absolute Gasteiger partial charge is 0.253 e. The van der Waals surface area contributed by atoms with Crippen LogP contribution in [0.25, 0.3) is 10.9 Å². The fourth-order valence-electron chi connectivity index (χ4n) is 4.11. The molecule has 2 heterocycles. The van der Waals surface area contributed by atoms with Gasteiger partial charge < -0.3 is 9.80 Å². The number of piperidine rings is 1. The van der Waals surface area contributed by atoms with Crippen LogP contribution in [0.3, 0.4) is 0 Å².